The summed E-state index contributed by atoms with van der Waals surface area (Å²) in [5.41, 5.74) is 0. The zero-order valence-corrected chi connectivity index (χ0v) is 8.02. The highest BCUT2D eigenvalue weighted by molar-refractivity contribution is 5.39. The Bertz CT molecular complexity index is 452. The molecule has 0 aliphatic carbocycles. The van der Waals surface area contributed by atoms with Crippen LogP contribution < -0.4 is 0 Å². The number of nitrogens with zero attached hydrogens (tertiary/aromatic N) is 1. The first-order valence-corrected chi connectivity index (χ1v) is 4.29. The quantitative estimate of drug-likeness (QED) is 0.505. The maximum atomic E-state index is 2.89. The molecule has 0 saturated carbocycles. The molecule has 0 aromatic heterocycles. The number of hydrogen-bond acceptors (Lipinski definition) is 1. The van der Waals surface area contributed by atoms with Gasteiger partial charge in [0, 0.05) is 36.6 Å². The molecule has 0 saturated heterocycles. The Kier molecular flexibility index (Phi) is 4.45. The normalized spacial score (nSPS) is 10.8. The van der Waals surface area contributed by atoms with Crippen LogP contribution in [0.1, 0.15) is 13.3 Å². The van der Waals surface area contributed by atoms with E-state index in [4.69, 9.17) is 0 Å². The highest BCUT2D eigenvalue weighted by Crippen LogP contribution is 2.00. The van der Waals surface area contributed by atoms with Crippen LogP contribution in [-0.4, -0.2) is 11.4 Å². The smallest absolute Gasteiger partial charge is 0.0344 e. The summed E-state index contributed by atoms with van der Waals surface area (Å²) in [6, 6.07) is 2.89. The van der Waals surface area contributed by atoms with Crippen LogP contribution in [0.15, 0.2) is 12.3 Å². The molecule has 0 amide bonds. The first-order valence-electron chi connectivity index (χ1n) is 4.29. The highest BCUT2D eigenvalue weighted by atomic mass is 15.1. The van der Waals surface area contributed by atoms with Crippen LogP contribution in [0.2, 0.25) is 0 Å². The van der Waals surface area contributed by atoms with E-state index >= 15 is 0 Å². The third kappa shape index (κ3) is 3.97. The van der Waals surface area contributed by atoms with Crippen LogP contribution in [0.4, 0.5) is 0 Å². The van der Waals surface area contributed by atoms with Crippen LogP contribution in [0.25, 0.3) is 0 Å². The van der Waals surface area contributed by atoms with Crippen molar-refractivity contribution in [1.29, 1.82) is 0 Å². The molecule has 66 valence electrons. The second-order valence-electron chi connectivity index (χ2n) is 2.48. The molecule has 1 heteroatoms. The molecule has 0 bridgehead atoms. The zero-order chi connectivity index (χ0) is 10.1. The fourth-order valence-corrected chi connectivity index (χ4v) is 0.870. The molecule has 1 aliphatic heterocycles. The van der Waals surface area contributed by atoms with Gasteiger partial charge in [-0.15, -0.1) is 0 Å². The standard InChI is InChI=1S/C13H9N/c1-2-3-4-5-6-7-8-11-14-12-9-10-13-14/h9,12H,10,13H2,1H3. The van der Waals surface area contributed by atoms with Gasteiger partial charge in [0.1, 0.15) is 0 Å². The molecule has 1 aliphatic rings. The lowest BCUT2D eigenvalue weighted by molar-refractivity contribution is 0.579. The average molecular weight is 179 g/mol. The van der Waals surface area contributed by atoms with Crippen molar-refractivity contribution in [3.8, 4) is 47.5 Å². The minimum absolute atomic E-state index is 0.960. The van der Waals surface area contributed by atoms with Gasteiger partial charge < -0.3 is 4.90 Å². The van der Waals surface area contributed by atoms with E-state index in [9.17, 15) is 0 Å². The van der Waals surface area contributed by atoms with Gasteiger partial charge in [-0.05, 0) is 31.1 Å². The summed E-state index contributed by atoms with van der Waals surface area (Å²) in [6.45, 7) is 2.70. The maximum Gasteiger partial charge on any atom is 0.0344 e. The average Bonchev–Trinajstić information content (AvgIpc) is 2.69. The van der Waals surface area contributed by atoms with Crippen molar-refractivity contribution in [1.82, 2.24) is 4.90 Å². The first-order chi connectivity index (χ1) is 6.93. The van der Waals surface area contributed by atoms with Crippen molar-refractivity contribution in [2.24, 2.45) is 0 Å². The number of rotatable bonds is 0. The van der Waals surface area contributed by atoms with Crippen molar-refractivity contribution in [3.05, 3.63) is 12.3 Å². The summed E-state index contributed by atoms with van der Waals surface area (Å²) >= 11 is 0. The summed E-state index contributed by atoms with van der Waals surface area (Å²) in [5, 5.41) is 0. The molecule has 14 heavy (non-hydrogen) atoms. The van der Waals surface area contributed by atoms with Gasteiger partial charge in [0.25, 0.3) is 0 Å². The van der Waals surface area contributed by atoms with E-state index in [1.54, 1.807) is 6.92 Å². The molecule has 0 atom stereocenters. The largest absolute Gasteiger partial charge is 0.308 e. The van der Waals surface area contributed by atoms with Crippen molar-refractivity contribution in [2.45, 2.75) is 13.3 Å². The Balaban J connectivity index is 2.41. The summed E-state index contributed by atoms with van der Waals surface area (Å²) < 4.78 is 0. The van der Waals surface area contributed by atoms with Crippen LogP contribution >= 0.6 is 0 Å². The van der Waals surface area contributed by atoms with E-state index in [1.165, 1.54) is 0 Å². The highest BCUT2D eigenvalue weighted by Gasteiger charge is 1.97. The van der Waals surface area contributed by atoms with Gasteiger partial charge in [-0.2, -0.15) is 0 Å². The molecule has 1 rings (SSSR count). The fourth-order valence-electron chi connectivity index (χ4n) is 0.870. The molecule has 1 heterocycles. The molecule has 0 radical (unpaired) electrons. The van der Waals surface area contributed by atoms with Gasteiger partial charge in [0.05, 0.1) is 0 Å². The van der Waals surface area contributed by atoms with Gasteiger partial charge in [0.15, 0.2) is 0 Å². The van der Waals surface area contributed by atoms with Crippen LogP contribution in [0, 0.1) is 47.5 Å². The van der Waals surface area contributed by atoms with E-state index in [-0.39, 0.29) is 0 Å². The van der Waals surface area contributed by atoms with Gasteiger partial charge in [-0.1, -0.05) is 12.0 Å². The Labute approximate surface area is 85.2 Å². The predicted octanol–water partition coefficient (Wildman–Crippen LogP) is 1.20. The van der Waals surface area contributed by atoms with Gasteiger partial charge in [0.2, 0.25) is 0 Å². The van der Waals surface area contributed by atoms with Crippen molar-refractivity contribution in [2.75, 3.05) is 6.54 Å². The van der Waals surface area contributed by atoms with Crippen LogP contribution in [0.3, 0.4) is 0 Å². The third-order valence-electron chi connectivity index (χ3n) is 1.46. The van der Waals surface area contributed by atoms with Gasteiger partial charge >= 0.3 is 0 Å². The molecule has 1 nitrogen and oxygen atoms in total. The Morgan fingerprint density at radius 3 is 2.36 bits per heavy atom. The van der Waals surface area contributed by atoms with Crippen LogP contribution in [-0.2, 0) is 0 Å². The minimum atomic E-state index is 0.960. The first kappa shape index (κ1) is 9.86. The minimum Gasteiger partial charge on any atom is -0.308 e. The Morgan fingerprint density at radius 2 is 1.71 bits per heavy atom. The summed E-state index contributed by atoms with van der Waals surface area (Å²) in [4.78, 5) is 1.91. The molecule has 0 aromatic rings. The topological polar surface area (TPSA) is 3.24 Å². The lowest BCUT2D eigenvalue weighted by atomic mass is 10.5. The van der Waals surface area contributed by atoms with E-state index in [2.05, 4.69) is 53.6 Å². The van der Waals surface area contributed by atoms with Crippen molar-refractivity contribution < 1.29 is 0 Å². The van der Waals surface area contributed by atoms with E-state index in [1.807, 2.05) is 11.1 Å². The maximum absolute atomic E-state index is 2.89. The Hall–Kier alpha value is -2.22. The molecule has 0 spiro atoms. The summed E-state index contributed by atoms with van der Waals surface area (Å²) in [7, 11) is 0. The predicted molar refractivity (Wildman–Crippen MR) is 57.2 cm³/mol. The second-order valence-corrected chi connectivity index (χ2v) is 2.48. The molecule has 0 fully saturated rings. The monoisotopic (exact) mass is 179 g/mol. The Morgan fingerprint density at radius 1 is 1.00 bits per heavy atom. The van der Waals surface area contributed by atoms with Gasteiger partial charge in [-0.3, -0.25) is 0 Å². The van der Waals surface area contributed by atoms with E-state index in [0.29, 0.717) is 0 Å². The summed E-state index contributed by atoms with van der Waals surface area (Å²) in [6.07, 6.45) is 5.11. The number of hydrogen-bond donors (Lipinski definition) is 0. The van der Waals surface area contributed by atoms with Crippen molar-refractivity contribution in [3.63, 3.8) is 0 Å². The second kappa shape index (κ2) is 6.31. The molecule has 0 unspecified atom stereocenters. The van der Waals surface area contributed by atoms with E-state index < -0.39 is 0 Å². The lowest BCUT2D eigenvalue weighted by Crippen LogP contribution is -2.04. The van der Waals surface area contributed by atoms with E-state index in [0.717, 1.165) is 13.0 Å². The summed E-state index contributed by atoms with van der Waals surface area (Å²) in [5.74, 6) is 18.4. The molecular weight excluding hydrogens is 170 g/mol. The SMILES string of the molecule is CC#CC#CC#CC#CN1C=CCC1. The van der Waals surface area contributed by atoms with Gasteiger partial charge in [-0.25, -0.2) is 0 Å². The zero-order valence-electron chi connectivity index (χ0n) is 8.02. The van der Waals surface area contributed by atoms with Crippen molar-refractivity contribution >= 4 is 0 Å². The lowest BCUT2D eigenvalue weighted by Gasteiger charge is -2.01. The molecule has 0 N–H and O–H groups in total. The molecule has 0 aromatic carbocycles. The molecular formula is C13H9N. The fraction of sp³-hybridized carbons (Fsp3) is 0.231. The van der Waals surface area contributed by atoms with Crippen LogP contribution in [0.5, 0.6) is 0 Å². The third-order valence-corrected chi connectivity index (χ3v) is 1.46.